The number of hydrogen-bond donors (Lipinski definition) is 1. The summed E-state index contributed by atoms with van der Waals surface area (Å²) in [5.41, 5.74) is 8.57. The van der Waals surface area contributed by atoms with Gasteiger partial charge in [0.1, 0.15) is 5.75 Å². The zero-order valence-electron chi connectivity index (χ0n) is 29.4. The van der Waals surface area contributed by atoms with E-state index in [0.29, 0.717) is 41.6 Å². The number of morpholine rings is 1. The molecule has 4 aromatic carbocycles. The van der Waals surface area contributed by atoms with Gasteiger partial charge in [0.25, 0.3) is 11.8 Å². The standard InChI is InChI=1S/C43H43ClN4O4/c1-29-7-6-10-34(23-29)48(33-13-15-36(49)16-14-33)43(51)39-26-41(46-18-5-4-11-40(39)46)38-25-32(44)12-17-37(38)42(50)47-27-31-9-3-2-8-30(31)24-35(47)28-45-19-21-52-22-20-45/h2-3,6-10,12-17,23,25-26,35,49H,4-5,11,18-22,24,27-28H2,1H3/t35-/m0/s1. The van der Waals surface area contributed by atoms with E-state index in [1.54, 1.807) is 35.2 Å². The Morgan fingerprint density at radius 1 is 0.846 bits per heavy atom. The van der Waals surface area contributed by atoms with Gasteiger partial charge in [0, 0.05) is 77.7 Å². The van der Waals surface area contributed by atoms with Gasteiger partial charge in [-0.15, -0.1) is 0 Å². The molecular weight excluding hydrogens is 672 g/mol. The Morgan fingerprint density at radius 3 is 2.42 bits per heavy atom. The lowest BCUT2D eigenvalue weighted by molar-refractivity contribution is 0.0193. The molecule has 52 heavy (non-hydrogen) atoms. The highest BCUT2D eigenvalue weighted by atomic mass is 35.5. The van der Waals surface area contributed by atoms with Gasteiger partial charge in [-0.2, -0.15) is 0 Å². The summed E-state index contributed by atoms with van der Waals surface area (Å²) in [5, 5.41) is 10.6. The zero-order valence-corrected chi connectivity index (χ0v) is 30.2. The molecule has 0 spiro atoms. The highest BCUT2D eigenvalue weighted by Gasteiger charge is 2.35. The summed E-state index contributed by atoms with van der Waals surface area (Å²) in [5.74, 6) is -0.0723. The third-order valence-electron chi connectivity index (χ3n) is 10.7. The van der Waals surface area contributed by atoms with E-state index in [0.717, 1.165) is 80.1 Å². The topological polar surface area (TPSA) is 78.2 Å². The van der Waals surface area contributed by atoms with Gasteiger partial charge in [0.2, 0.25) is 0 Å². The van der Waals surface area contributed by atoms with Gasteiger partial charge in [0.05, 0.1) is 18.8 Å². The number of carbonyl (C=O) groups excluding carboxylic acids is 2. The van der Waals surface area contributed by atoms with Gasteiger partial charge in [-0.3, -0.25) is 19.4 Å². The van der Waals surface area contributed by atoms with Crippen LogP contribution < -0.4 is 4.90 Å². The number of nitrogens with zero attached hydrogens (tertiary/aromatic N) is 4. The van der Waals surface area contributed by atoms with E-state index >= 15 is 0 Å². The fourth-order valence-corrected chi connectivity index (χ4v) is 8.27. The number of hydrogen-bond acceptors (Lipinski definition) is 5. The fourth-order valence-electron chi connectivity index (χ4n) is 8.10. The van der Waals surface area contributed by atoms with E-state index in [4.69, 9.17) is 16.3 Å². The Labute approximate surface area is 309 Å². The number of aromatic hydroxyl groups is 1. The largest absolute Gasteiger partial charge is 0.508 e. The summed E-state index contributed by atoms with van der Waals surface area (Å²) in [4.78, 5) is 36.0. The molecule has 1 aromatic heterocycles. The summed E-state index contributed by atoms with van der Waals surface area (Å²) in [6.07, 6.45) is 3.46. The quantitative estimate of drug-likeness (QED) is 0.185. The van der Waals surface area contributed by atoms with Crippen molar-refractivity contribution in [1.29, 1.82) is 0 Å². The molecule has 266 valence electrons. The molecule has 4 heterocycles. The number of phenolic OH excluding ortho intramolecular Hbond substituents is 1. The molecule has 0 saturated carbocycles. The molecule has 0 radical (unpaired) electrons. The van der Waals surface area contributed by atoms with Crippen LogP contribution in [0.15, 0.2) is 97.1 Å². The molecule has 1 saturated heterocycles. The summed E-state index contributed by atoms with van der Waals surface area (Å²) in [7, 11) is 0. The lowest BCUT2D eigenvalue weighted by Crippen LogP contribution is -2.52. The first-order valence-corrected chi connectivity index (χ1v) is 18.6. The highest BCUT2D eigenvalue weighted by molar-refractivity contribution is 6.31. The summed E-state index contributed by atoms with van der Waals surface area (Å²) >= 11 is 6.72. The maximum absolute atomic E-state index is 14.9. The van der Waals surface area contributed by atoms with Gasteiger partial charge in [-0.1, -0.05) is 48.0 Å². The van der Waals surface area contributed by atoms with Crippen molar-refractivity contribution in [3.05, 3.63) is 136 Å². The summed E-state index contributed by atoms with van der Waals surface area (Å²) < 4.78 is 7.85. The second kappa shape index (κ2) is 14.6. The van der Waals surface area contributed by atoms with Crippen molar-refractivity contribution in [3.8, 4) is 17.0 Å². The summed E-state index contributed by atoms with van der Waals surface area (Å²) in [6, 6.07) is 30.5. The molecule has 5 aromatic rings. The minimum Gasteiger partial charge on any atom is -0.508 e. The molecular formula is C43H43ClN4O4. The van der Waals surface area contributed by atoms with E-state index < -0.39 is 0 Å². The van der Waals surface area contributed by atoms with E-state index in [1.807, 2.05) is 60.4 Å². The van der Waals surface area contributed by atoms with Crippen molar-refractivity contribution >= 4 is 34.8 Å². The maximum atomic E-state index is 14.9. The SMILES string of the molecule is Cc1cccc(N(C(=O)c2cc(-c3cc(Cl)ccc3C(=O)N3Cc4ccccc4C[C@H]3CN3CCOCC3)n3c2CCCC3)c2ccc(O)cc2)c1. The van der Waals surface area contributed by atoms with Crippen LogP contribution in [0.2, 0.25) is 5.02 Å². The van der Waals surface area contributed by atoms with Gasteiger partial charge >= 0.3 is 0 Å². The molecule has 8 rings (SSSR count). The number of aromatic nitrogens is 1. The minimum atomic E-state index is -0.165. The van der Waals surface area contributed by atoms with E-state index in [2.05, 4.69) is 27.7 Å². The Bertz CT molecular complexity index is 2120. The van der Waals surface area contributed by atoms with Crippen LogP contribution in [-0.2, 0) is 30.7 Å². The number of aryl methyl sites for hydroxylation is 1. The predicted octanol–water partition coefficient (Wildman–Crippen LogP) is 8.04. The number of amides is 2. The third kappa shape index (κ3) is 6.74. The van der Waals surface area contributed by atoms with Crippen LogP contribution in [0.3, 0.4) is 0 Å². The highest BCUT2D eigenvalue weighted by Crippen LogP contribution is 2.38. The zero-order chi connectivity index (χ0) is 35.8. The number of fused-ring (bicyclic) bond motifs is 2. The Hall–Kier alpha value is -4.89. The number of phenols is 1. The molecule has 1 fully saturated rings. The molecule has 2 amide bonds. The lowest BCUT2D eigenvalue weighted by atomic mass is 9.92. The number of anilines is 2. The normalized spacial score (nSPS) is 17.3. The monoisotopic (exact) mass is 714 g/mol. The van der Waals surface area contributed by atoms with Crippen LogP contribution >= 0.6 is 11.6 Å². The molecule has 3 aliphatic rings. The molecule has 3 aliphatic heterocycles. The number of rotatable bonds is 7. The first-order valence-electron chi connectivity index (χ1n) is 18.2. The van der Waals surface area contributed by atoms with Crippen molar-refractivity contribution in [2.75, 3.05) is 37.7 Å². The van der Waals surface area contributed by atoms with Crippen LogP contribution in [0.4, 0.5) is 11.4 Å². The third-order valence-corrected chi connectivity index (χ3v) is 11.0. The van der Waals surface area contributed by atoms with Crippen LogP contribution in [0.1, 0.15) is 55.9 Å². The summed E-state index contributed by atoms with van der Waals surface area (Å²) in [6.45, 7) is 7.15. The second-order valence-corrected chi connectivity index (χ2v) is 14.6. The van der Waals surface area contributed by atoms with Crippen molar-refractivity contribution < 1.29 is 19.4 Å². The number of ether oxygens (including phenoxy) is 1. The molecule has 0 bridgehead atoms. The van der Waals surface area contributed by atoms with E-state index in [9.17, 15) is 14.7 Å². The van der Waals surface area contributed by atoms with Crippen molar-refractivity contribution in [2.24, 2.45) is 0 Å². The van der Waals surface area contributed by atoms with Crippen molar-refractivity contribution in [1.82, 2.24) is 14.4 Å². The van der Waals surface area contributed by atoms with Crippen LogP contribution in [0.5, 0.6) is 5.75 Å². The molecule has 0 aliphatic carbocycles. The predicted molar refractivity (Wildman–Crippen MR) is 205 cm³/mol. The van der Waals surface area contributed by atoms with Gasteiger partial charge in [-0.05, 0) is 110 Å². The van der Waals surface area contributed by atoms with Gasteiger partial charge in [0.15, 0.2) is 0 Å². The van der Waals surface area contributed by atoms with Crippen molar-refractivity contribution in [3.63, 3.8) is 0 Å². The average molecular weight is 715 g/mol. The van der Waals surface area contributed by atoms with Crippen LogP contribution in [0, 0.1) is 6.92 Å². The van der Waals surface area contributed by atoms with Gasteiger partial charge < -0.3 is 19.3 Å². The van der Waals surface area contributed by atoms with E-state index in [-0.39, 0.29) is 23.6 Å². The molecule has 1 N–H and O–H groups in total. The van der Waals surface area contributed by atoms with Crippen LogP contribution in [-0.4, -0.2) is 70.2 Å². The number of halogens is 1. The molecule has 1 atom stereocenters. The maximum Gasteiger partial charge on any atom is 0.264 e. The Kier molecular flexibility index (Phi) is 9.62. The Morgan fingerprint density at radius 2 is 1.63 bits per heavy atom. The fraction of sp³-hybridized carbons (Fsp3) is 0.302. The van der Waals surface area contributed by atoms with Gasteiger partial charge in [-0.25, -0.2) is 0 Å². The molecule has 9 heteroatoms. The van der Waals surface area contributed by atoms with E-state index in [1.165, 1.54) is 11.1 Å². The first kappa shape index (κ1) is 34.2. The smallest absolute Gasteiger partial charge is 0.264 e. The molecule has 8 nitrogen and oxygen atoms in total. The van der Waals surface area contributed by atoms with Crippen molar-refractivity contribution in [2.45, 2.75) is 51.7 Å². The second-order valence-electron chi connectivity index (χ2n) is 14.2. The lowest BCUT2D eigenvalue weighted by Gasteiger charge is -2.40. The van der Waals surface area contributed by atoms with Crippen LogP contribution in [0.25, 0.3) is 11.3 Å². The number of carbonyl (C=O) groups is 2. The Balaban J connectivity index is 1.21. The first-order chi connectivity index (χ1) is 25.3. The average Bonchev–Trinajstić information content (AvgIpc) is 3.55. The number of benzene rings is 4. The minimum absolute atomic E-state index is 0.00408. The molecule has 0 unspecified atom stereocenters.